The van der Waals surface area contributed by atoms with Gasteiger partial charge in [0.1, 0.15) is 6.54 Å². The highest BCUT2D eigenvalue weighted by molar-refractivity contribution is 14.0. The Labute approximate surface area is 125 Å². The number of morpholine rings is 1. The second kappa shape index (κ2) is 9.37. The van der Waals surface area contributed by atoms with Crippen LogP contribution in [-0.4, -0.2) is 55.7 Å². The lowest BCUT2D eigenvalue weighted by molar-refractivity contribution is -0.133. The zero-order valence-electron chi connectivity index (χ0n) is 11.0. The number of carbonyl (C=O) groups is 1. The molecule has 1 atom stereocenters. The van der Waals surface area contributed by atoms with Crippen LogP contribution in [0.1, 0.15) is 20.3 Å². The highest BCUT2D eigenvalue weighted by atomic mass is 127. The van der Waals surface area contributed by atoms with E-state index in [2.05, 4.69) is 17.2 Å². The molecule has 1 aliphatic rings. The summed E-state index contributed by atoms with van der Waals surface area (Å²) >= 11 is 0. The maximum absolute atomic E-state index is 11.7. The summed E-state index contributed by atoms with van der Waals surface area (Å²) in [4.78, 5) is 17.5. The van der Waals surface area contributed by atoms with Crippen molar-refractivity contribution >= 4 is 35.8 Å². The summed E-state index contributed by atoms with van der Waals surface area (Å²) in [6, 6.07) is 0.275. The van der Waals surface area contributed by atoms with Crippen LogP contribution in [-0.2, 0) is 9.53 Å². The predicted molar refractivity (Wildman–Crippen MR) is 82.2 cm³/mol. The van der Waals surface area contributed by atoms with Gasteiger partial charge < -0.3 is 20.7 Å². The number of nitrogens with zero attached hydrogens (tertiary/aromatic N) is 2. The molecular weight excluding hydrogens is 347 g/mol. The molecule has 1 saturated heterocycles. The van der Waals surface area contributed by atoms with E-state index in [9.17, 15) is 4.79 Å². The van der Waals surface area contributed by atoms with Gasteiger partial charge in [0, 0.05) is 19.1 Å². The maximum atomic E-state index is 11.7. The van der Waals surface area contributed by atoms with Crippen LogP contribution in [0.25, 0.3) is 0 Å². The van der Waals surface area contributed by atoms with Crippen LogP contribution in [0.4, 0.5) is 0 Å². The molecule has 1 rings (SSSR count). The molecule has 0 spiro atoms. The molecular formula is C11H23IN4O2. The van der Waals surface area contributed by atoms with Crippen molar-refractivity contribution in [1.29, 1.82) is 0 Å². The monoisotopic (exact) mass is 370 g/mol. The molecule has 1 unspecified atom stereocenters. The molecule has 6 nitrogen and oxygen atoms in total. The van der Waals surface area contributed by atoms with Gasteiger partial charge in [0.2, 0.25) is 5.91 Å². The molecule has 1 amide bonds. The minimum absolute atomic E-state index is 0. The predicted octanol–water partition coefficient (Wildman–Crippen LogP) is 0.166. The van der Waals surface area contributed by atoms with Crippen LogP contribution in [0, 0.1) is 0 Å². The van der Waals surface area contributed by atoms with E-state index < -0.39 is 0 Å². The van der Waals surface area contributed by atoms with Gasteiger partial charge >= 0.3 is 0 Å². The van der Waals surface area contributed by atoms with E-state index in [1.807, 2.05) is 6.92 Å². The lowest BCUT2D eigenvalue weighted by atomic mass is 10.3. The average molecular weight is 370 g/mol. The summed E-state index contributed by atoms with van der Waals surface area (Å²) < 4.78 is 5.18. The van der Waals surface area contributed by atoms with Gasteiger partial charge in [-0.2, -0.15) is 0 Å². The van der Waals surface area contributed by atoms with Crippen molar-refractivity contribution in [3.8, 4) is 0 Å². The number of carbonyl (C=O) groups excluding carboxylic acids is 1. The summed E-state index contributed by atoms with van der Waals surface area (Å²) in [6.07, 6.45) is 0.966. The minimum Gasteiger partial charge on any atom is -0.378 e. The lowest BCUT2D eigenvalue weighted by Gasteiger charge is -2.26. The highest BCUT2D eigenvalue weighted by Gasteiger charge is 2.16. The summed E-state index contributed by atoms with van der Waals surface area (Å²) in [6.45, 7) is 6.69. The first-order valence-electron chi connectivity index (χ1n) is 6.05. The molecule has 0 aromatic rings. The van der Waals surface area contributed by atoms with E-state index in [1.54, 1.807) is 4.90 Å². The maximum Gasteiger partial charge on any atom is 0.244 e. The third-order valence-corrected chi connectivity index (χ3v) is 2.76. The molecule has 0 aromatic heterocycles. The van der Waals surface area contributed by atoms with Gasteiger partial charge in [0.05, 0.1) is 13.2 Å². The number of aliphatic imine (C=N–C) groups is 1. The van der Waals surface area contributed by atoms with E-state index in [1.165, 1.54) is 0 Å². The number of hydrogen-bond acceptors (Lipinski definition) is 3. The summed E-state index contributed by atoms with van der Waals surface area (Å²) in [5.74, 6) is 0.336. The molecule has 0 bridgehead atoms. The van der Waals surface area contributed by atoms with E-state index in [0.717, 1.165) is 6.42 Å². The van der Waals surface area contributed by atoms with Gasteiger partial charge in [0.15, 0.2) is 5.96 Å². The molecule has 18 heavy (non-hydrogen) atoms. The molecule has 0 aliphatic carbocycles. The smallest absolute Gasteiger partial charge is 0.244 e. The van der Waals surface area contributed by atoms with E-state index in [4.69, 9.17) is 10.5 Å². The van der Waals surface area contributed by atoms with Crippen LogP contribution in [0.2, 0.25) is 0 Å². The second-order valence-electron chi connectivity index (χ2n) is 4.15. The van der Waals surface area contributed by atoms with Crippen LogP contribution in [0.15, 0.2) is 4.99 Å². The third kappa shape index (κ3) is 6.39. The van der Waals surface area contributed by atoms with Gasteiger partial charge in [-0.3, -0.25) is 4.79 Å². The molecule has 3 N–H and O–H groups in total. The Morgan fingerprint density at radius 3 is 2.67 bits per heavy atom. The molecule has 0 aromatic carbocycles. The van der Waals surface area contributed by atoms with E-state index >= 15 is 0 Å². The quantitative estimate of drug-likeness (QED) is 0.420. The van der Waals surface area contributed by atoms with E-state index in [0.29, 0.717) is 32.3 Å². The Hall–Kier alpha value is -0.570. The van der Waals surface area contributed by atoms with Crippen molar-refractivity contribution in [1.82, 2.24) is 10.2 Å². The Bertz CT molecular complexity index is 280. The van der Waals surface area contributed by atoms with Crippen molar-refractivity contribution in [3.63, 3.8) is 0 Å². The third-order valence-electron chi connectivity index (χ3n) is 2.76. The Balaban J connectivity index is 0.00000289. The van der Waals surface area contributed by atoms with Crippen molar-refractivity contribution in [2.75, 3.05) is 32.8 Å². The zero-order valence-corrected chi connectivity index (χ0v) is 13.3. The average Bonchev–Trinajstić information content (AvgIpc) is 2.36. The van der Waals surface area contributed by atoms with Gasteiger partial charge in [-0.1, -0.05) is 6.92 Å². The SMILES string of the molecule is CCC(C)NC(N)=NCC(=O)N1CCOCC1.I. The first kappa shape index (κ1) is 17.4. The number of hydrogen-bond donors (Lipinski definition) is 2. The molecule has 1 fully saturated rings. The second-order valence-corrected chi connectivity index (χ2v) is 4.15. The number of ether oxygens (including phenoxy) is 1. The topological polar surface area (TPSA) is 79.9 Å². The normalized spacial score (nSPS) is 17.9. The molecule has 1 aliphatic heterocycles. The van der Waals surface area contributed by atoms with Crippen molar-refractivity contribution in [2.45, 2.75) is 26.3 Å². The van der Waals surface area contributed by atoms with E-state index in [-0.39, 0.29) is 42.5 Å². The summed E-state index contributed by atoms with van der Waals surface area (Å²) in [5.41, 5.74) is 5.67. The van der Waals surface area contributed by atoms with Gasteiger partial charge in [-0.25, -0.2) is 4.99 Å². The van der Waals surface area contributed by atoms with Crippen molar-refractivity contribution in [3.05, 3.63) is 0 Å². The number of guanidine groups is 1. The highest BCUT2D eigenvalue weighted by Crippen LogP contribution is 1.97. The molecule has 0 radical (unpaired) electrons. The molecule has 7 heteroatoms. The van der Waals surface area contributed by atoms with Crippen molar-refractivity contribution < 1.29 is 9.53 Å². The largest absolute Gasteiger partial charge is 0.378 e. The summed E-state index contributed by atoms with van der Waals surface area (Å²) in [5, 5.41) is 3.02. The first-order valence-corrected chi connectivity index (χ1v) is 6.05. The Morgan fingerprint density at radius 1 is 1.50 bits per heavy atom. The van der Waals surface area contributed by atoms with Crippen LogP contribution in [0.3, 0.4) is 0 Å². The molecule has 0 saturated carbocycles. The number of amides is 1. The zero-order chi connectivity index (χ0) is 12.7. The Morgan fingerprint density at radius 2 is 2.11 bits per heavy atom. The van der Waals surface area contributed by atoms with Crippen LogP contribution in [0.5, 0.6) is 0 Å². The van der Waals surface area contributed by atoms with Gasteiger partial charge in [-0.15, -0.1) is 24.0 Å². The van der Waals surface area contributed by atoms with Gasteiger partial charge in [0.25, 0.3) is 0 Å². The Kier molecular flexibility index (Phi) is 9.08. The first-order chi connectivity index (χ1) is 8.13. The minimum atomic E-state index is 0. The fourth-order valence-corrected chi connectivity index (χ4v) is 1.47. The van der Waals surface area contributed by atoms with Gasteiger partial charge in [-0.05, 0) is 13.3 Å². The molecule has 106 valence electrons. The lowest BCUT2D eigenvalue weighted by Crippen LogP contribution is -2.43. The number of rotatable bonds is 4. The summed E-state index contributed by atoms with van der Waals surface area (Å²) in [7, 11) is 0. The number of halogens is 1. The standard InChI is InChI=1S/C11H22N4O2.HI/c1-3-9(2)14-11(12)13-8-10(16)15-4-6-17-7-5-15;/h9H,3-8H2,1-2H3,(H3,12,13,14);1H. The number of nitrogens with two attached hydrogens (primary N) is 1. The van der Waals surface area contributed by atoms with Crippen molar-refractivity contribution in [2.24, 2.45) is 10.7 Å². The fraction of sp³-hybridized carbons (Fsp3) is 0.818. The molecule has 1 heterocycles. The fourth-order valence-electron chi connectivity index (χ4n) is 1.47. The van der Waals surface area contributed by atoms with Crippen LogP contribution < -0.4 is 11.1 Å². The number of nitrogens with one attached hydrogen (secondary N) is 1. The van der Waals surface area contributed by atoms with Crippen LogP contribution >= 0.6 is 24.0 Å².